The number of carbonyl (C=O) groups is 1. The van der Waals surface area contributed by atoms with Crippen molar-refractivity contribution in [3.05, 3.63) is 23.8 Å². The lowest BCUT2D eigenvalue weighted by atomic mass is 9.86. The van der Waals surface area contributed by atoms with E-state index in [1.807, 2.05) is 25.1 Å². The summed E-state index contributed by atoms with van der Waals surface area (Å²) in [5.74, 6) is -0.875. The highest BCUT2D eigenvalue weighted by molar-refractivity contribution is 5.75. The van der Waals surface area contributed by atoms with Gasteiger partial charge in [0.25, 0.3) is 6.01 Å². The van der Waals surface area contributed by atoms with Crippen molar-refractivity contribution in [2.45, 2.75) is 38.6 Å². The van der Waals surface area contributed by atoms with Crippen LogP contribution in [0.1, 0.15) is 31.2 Å². The maximum absolute atomic E-state index is 10.9. The van der Waals surface area contributed by atoms with E-state index in [1.165, 1.54) is 0 Å². The first kappa shape index (κ1) is 13.0. The molecule has 0 spiro atoms. The number of hydrogen-bond acceptors (Lipinski definition) is 4. The van der Waals surface area contributed by atoms with E-state index in [4.69, 9.17) is 9.52 Å². The second-order valence-electron chi connectivity index (χ2n) is 5.52. The average Bonchev–Trinajstić information content (AvgIpc) is 2.80. The number of nitrogens with zero attached hydrogens (tertiary/aromatic N) is 1. The molecule has 20 heavy (non-hydrogen) atoms. The molecule has 1 aliphatic carbocycles. The molecule has 0 atom stereocenters. The van der Waals surface area contributed by atoms with Crippen LogP contribution >= 0.6 is 0 Å². The van der Waals surface area contributed by atoms with E-state index in [1.54, 1.807) is 0 Å². The summed E-state index contributed by atoms with van der Waals surface area (Å²) >= 11 is 0. The van der Waals surface area contributed by atoms with Crippen LogP contribution in [0.5, 0.6) is 0 Å². The number of hydrogen-bond donors (Lipinski definition) is 2. The third-order valence-corrected chi connectivity index (χ3v) is 3.95. The summed E-state index contributed by atoms with van der Waals surface area (Å²) < 4.78 is 5.66. The minimum absolute atomic E-state index is 0.195. The van der Waals surface area contributed by atoms with Crippen molar-refractivity contribution in [3.8, 4) is 0 Å². The molecule has 5 heteroatoms. The Morgan fingerprint density at radius 3 is 2.80 bits per heavy atom. The normalized spacial score (nSPS) is 22.9. The van der Waals surface area contributed by atoms with Gasteiger partial charge in [-0.25, -0.2) is 0 Å². The van der Waals surface area contributed by atoms with Crippen LogP contribution in [0.2, 0.25) is 0 Å². The number of rotatable bonds is 3. The first-order valence-electron chi connectivity index (χ1n) is 6.98. The summed E-state index contributed by atoms with van der Waals surface area (Å²) in [4.78, 5) is 15.3. The van der Waals surface area contributed by atoms with Crippen molar-refractivity contribution < 1.29 is 14.3 Å². The van der Waals surface area contributed by atoms with Crippen molar-refractivity contribution >= 4 is 23.1 Å². The zero-order valence-electron chi connectivity index (χ0n) is 11.4. The fourth-order valence-electron chi connectivity index (χ4n) is 2.76. The van der Waals surface area contributed by atoms with Gasteiger partial charge in [-0.2, -0.15) is 4.98 Å². The minimum Gasteiger partial charge on any atom is -0.481 e. The van der Waals surface area contributed by atoms with Crippen LogP contribution in [-0.2, 0) is 4.79 Å². The maximum Gasteiger partial charge on any atom is 0.306 e. The van der Waals surface area contributed by atoms with Crippen molar-refractivity contribution in [2.24, 2.45) is 5.92 Å². The predicted octanol–water partition coefficient (Wildman–Crippen LogP) is 3.19. The summed E-state index contributed by atoms with van der Waals surface area (Å²) in [5, 5.41) is 12.3. The minimum atomic E-state index is -0.680. The zero-order chi connectivity index (χ0) is 14.1. The fourth-order valence-corrected chi connectivity index (χ4v) is 2.76. The van der Waals surface area contributed by atoms with Gasteiger partial charge in [0.05, 0.1) is 5.92 Å². The number of aromatic nitrogens is 1. The standard InChI is InChI=1S/C15H18N2O3/c1-9-2-7-13-12(8-9)17-15(20-13)16-11-5-3-10(4-6-11)14(18)19/h2,7-8,10-11H,3-6H2,1H3,(H,16,17)(H,18,19). The summed E-state index contributed by atoms with van der Waals surface area (Å²) in [6.07, 6.45) is 3.11. The van der Waals surface area contributed by atoms with Gasteiger partial charge in [0, 0.05) is 6.04 Å². The zero-order valence-corrected chi connectivity index (χ0v) is 11.4. The van der Waals surface area contributed by atoms with E-state index in [0.29, 0.717) is 18.9 Å². The summed E-state index contributed by atoms with van der Waals surface area (Å²) in [6.45, 7) is 2.02. The Morgan fingerprint density at radius 1 is 1.35 bits per heavy atom. The van der Waals surface area contributed by atoms with Crippen LogP contribution in [-0.4, -0.2) is 22.1 Å². The van der Waals surface area contributed by atoms with Crippen molar-refractivity contribution in [2.75, 3.05) is 5.32 Å². The van der Waals surface area contributed by atoms with Crippen molar-refractivity contribution in [3.63, 3.8) is 0 Å². The van der Waals surface area contributed by atoms with Gasteiger partial charge in [0.2, 0.25) is 0 Å². The highest BCUT2D eigenvalue weighted by Crippen LogP contribution is 2.28. The molecule has 1 saturated carbocycles. The first-order chi connectivity index (χ1) is 9.61. The molecule has 3 rings (SSSR count). The highest BCUT2D eigenvalue weighted by atomic mass is 16.4. The summed E-state index contributed by atoms with van der Waals surface area (Å²) in [6, 6.07) is 6.69. The Balaban J connectivity index is 1.66. The number of benzene rings is 1. The third-order valence-electron chi connectivity index (χ3n) is 3.95. The van der Waals surface area contributed by atoms with E-state index in [2.05, 4.69) is 10.3 Å². The molecule has 1 aromatic carbocycles. The number of oxazole rings is 1. The summed E-state index contributed by atoms with van der Waals surface area (Å²) in [7, 11) is 0. The van der Waals surface area contributed by atoms with E-state index in [0.717, 1.165) is 29.5 Å². The van der Waals surface area contributed by atoms with Crippen LogP contribution in [0.25, 0.3) is 11.1 Å². The number of carboxylic acid groups (broad SMARTS) is 1. The lowest BCUT2D eigenvalue weighted by Gasteiger charge is -2.26. The average molecular weight is 274 g/mol. The molecule has 0 bridgehead atoms. The van der Waals surface area contributed by atoms with Crippen LogP contribution in [0.3, 0.4) is 0 Å². The lowest BCUT2D eigenvalue weighted by molar-refractivity contribution is -0.142. The smallest absolute Gasteiger partial charge is 0.306 e. The molecule has 0 radical (unpaired) electrons. The highest BCUT2D eigenvalue weighted by Gasteiger charge is 2.26. The molecule has 2 aromatic rings. The van der Waals surface area contributed by atoms with E-state index in [-0.39, 0.29) is 12.0 Å². The summed E-state index contributed by atoms with van der Waals surface area (Å²) in [5.41, 5.74) is 2.78. The second kappa shape index (κ2) is 5.15. The molecule has 1 aromatic heterocycles. The molecule has 0 amide bonds. The number of aryl methyl sites for hydroxylation is 1. The number of nitrogens with one attached hydrogen (secondary N) is 1. The molecule has 2 N–H and O–H groups in total. The number of aliphatic carboxylic acids is 1. The molecule has 0 saturated heterocycles. The van der Waals surface area contributed by atoms with E-state index in [9.17, 15) is 4.79 Å². The molecule has 0 unspecified atom stereocenters. The number of fused-ring (bicyclic) bond motifs is 1. The molecular formula is C15H18N2O3. The second-order valence-corrected chi connectivity index (χ2v) is 5.52. The monoisotopic (exact) mass is 274 g/mol. The largest absolute Gasteiger partial charge is 0.481 e. The Kier molecular flexibility index (Phi) is 3.34. The van der Waals surface area contributed by atoms with Gasteiger partial charge < -0.3 is 14.8 Å². The fraction of sp³-hybridized carbons (Fsp3) is 0.467. The molecular weight excluding hydrogens is 256 g/mol. The third kappa shape index (κ3) is 2.61. The van der Waals surface area contributed by atoms with E-state index < -0.39 is 5.97 Å². The predicted molar refractivity (Wildman–Crippen MR) is 75.8 cm³/mol. The molecule has 5 nitrogen and oxygen atoms in total. The van der Waals surface area contributed by atoms with Crippen molar-refractivity contribution in [1.82, 2.24) is 4.98 Å². The topological polar surface area (TPSA) is 75.4 Å². The molecule has 106 valence electrons. The molecule has 1 fully saturated rings. The van der Waals surface area contributed by atoms with Gasteiger partial charge in [-0.15, -0.1) is 0 Å². The Labute approximate surface area is 117 Å². The van der Waals surface area contributed by atoms with Crippen LogP contribution in [0.4, 0.5) is 6.01 Å². The molecule has 1 heterocycles. The number of anilines is 1. The van der Waals surface area contributed by atoms with E-state index >= 15 is 0 Å². The number of carboxylic acids is 1. The maximum atomic E-state index is 10.9. The van der Waals surface area contributed by atoms with Gasteiger partial charge in [0.15, 0.2) is 5.58 Å². The Morgan fingerprint density at radius 2 is 2.10 bits per heavy atom. The first-order valence-corrected chi connectivity index (χ1v) is 6.98. The molecule has 0 aliphatic heterocycles. The van der Waals surface area contributed by atoms with Crippen molar-refractivity contribution in [1.29, 1.82) is 0 Å². The Bertz CT molecular complexity index is 627. The molecule has 1 aliphatic rings. The van der Waals surface area contributed by atoms with Crippen LogP contribution < -0.4 is 5.32 Å². The Hall–Kier alpha value is -2.04. The van der Waals surface area contributed by atoms with Crippen LogP contribution in [0, 0.1) is 12.8 Å². The van der Waals surface area contributed by atoms with Gasteiger partial charge in [-0.05, 0) is 50.3 Å². The SMILES string of the molecule is Cc1ccc2oc(NC3CCC(C(=O)O)CC3)nc2c1. The quantitative estimate of drug-likeness (QED) is 0.899. The lowest BCUT2D eigenvalue weighted by Crippen LogP contribution is -2.29. The van der Waals surface area contributed by atoms with Gasteiger partial charge in [-0.1, -0.05) is 6.07 Å². The van der Waals surface area contributed by atoms with Gasteiger partial charge in [-0.3, -0.25) is 4.79 Å². The van der Waals surface area contributed by atoms with Gasteiger partial charge in [0.1, 0.15) is 5.52 Å². The van der Waals surface area contributed by atoms with Crippen LogP contribution in [0.15, 0.2) is 22.6 Å². The van der Waals surface area contributed by atoms with Gasteiger partial charge >= 0.3 is 5.97 Å².